The third-order valence-electron chi connectivity index (χ3n) is 3.30. The Morgan fingerprint density at radius 1 is 1.50 bits per heavy atom. The topological polar surface area (TPSA) is 73.6 Å². The number of nitro benzene ring substituents is 1. The summed E-state index contributed by atoms with van der Waals surface area (Å²) < 4.78 is 24.1. The number of methoxy groups -OCH3 is 1. The van der Waals surface area contributed by atoms with Crippen molar-refractivity contribution in [2.75, 3.05) is 26.8 Å². The van der Waals surface area contributed by atoms with Gasteiger partial charge >= 0.3 is 5.69 Å². The Morgan fingerprint density at radius 2 is 2.30 bits per heavy atom. The quantitative estimate of drug-likeness (QED) is 0.662. The minimum Gasteiger partial charge on any atom is -0.490 e. The maximum atomic E-state index is 13.8. The summed E-state index contributed by atoms with van der Waals surface area (Å²) in [6.07, 6.45) is 2.10. The summed E-state index contributed by atoms with van der Waals surface area (Å²) in [6, 6.07) is 2.05. The number of piperidine rings is 1. The van der Waals surface area contributed by atoms with Gasteiger partial charge in [-0.15, -0.1) is 0 Å². The molecule has 1 unspecified atom stereocenters. The van der Waals surface area contributed by atoms with Crippen LogP contribution in [0.3, 0.4) is 0 Å². The molecule has 0 amide bonds. The number of hydrogen-bond donors (Lipinski definition) is 1. The Labute approximate surface area is 116 Å². The maximum absolute atomic E-state index is 13.8. The Balaban J connectivity index is 2.09. The molecule has 1 N–H and O–H groups in total. The van der Waals surface area contributed by atoms with Crippen molar-refractivity contribution in [2.45, 2.75) is 12.8 Å². The third kappa shape index (κ3) is 3.36. The summed E-state index contributed by atoms with van der Waals surface area (Å²) >= 11 is 0. The van der Waals surface area contributed by atoms with Gasteiger partial charge in [-0.2, -0.15) is 0 Å². The minimum atomic E-state index is -0.749. The van der Waals surface area contributed by atoms with Crippen LogP contribution < -0.4 is 14.8 Å². The number of halogens is 1. The fourth-order valence-electron chi connectivity index (χ4n) is 2.21. The number of nitrogens with zero attached hydrogens (tertiary/aromatic N) is 1. The van der Waals surface area contributed by atoms with Gasteiger partial charge in [0.2, 0.25) is 5.75 Å². The van der Waals surface area contributed by atoms with Gasteiger partial charge in [0.15, 0.2) is 11.6 Å². The lowest BCUT2D eigenvalue weighted by molar-refractivity contribution is -0.386. The molecule has 1 aromatic carbocycles. The van der Waals surface area contributed by atoms with Gasteiger partial charge in [0.25, 0.3) is 0 Å². The lowest BCUT2D eigenvalue weighted by atomic mass is 10.0. The van der Waals surface area contributed by atoms with Gasteiger partial charge in [0.05, 0.1) is 24.7 Å². The van der Waals surface area contributed by atoms with Crippen molar-refractivity contribution in [1.82, 2.24) is 5.32 Å². The molecule has 7 heteroatoms. The average Bonchev–Trinajstić information content (AvgIpc) is 2.46. The Bertz CT molecular complexity index is 490. The second-order valence-electron chi connectivity index (χ2n) is 4.73. The van der Waals surface area contributed by atoms with E-state index in [1.165, 1.54) is 13.2 Å². The van der Waals surface area contributed by atoms with Crippen LogP contribution in [0, 0.1) is 21.8 Å². The molecule has 6 nitrogen and oxygen atoms in total. The number of ether oxygens (including phenoxy) is 2. The van der Waals surface area contributed by atoms with Crippen LogP contribution in [0.1, 0.15) is 12.8 Å². The summed E-state index contributed by atoms with van der Waals surface area (Å²) in [5.41, 5.74) is -0.406. The van der Waals surface area contributed by atoms with Crippen molar-refractivity contribution in [2.24, 2.45) is 5.92 Å². The lowest BCUT2D eigenvalue weighted by Gasteiger charge is -2.22. The van der Waals surface area contributed by atoms with E-state index in [1.807, 2.05) is 0 Å². The van der Waals surface area contributed by atoms with E-state index >= 15 is 0 Å². The van der Waals surface area contributed by atoms with Crippen LogP contribution in [0.5, 0.6) is 11.5 Å². The van der Waals surface area contributed by atoms with Gasteiger partial charge in [0.1, 0.15) is 0 Å². The number of benzene rings is 1. The second-order valence-corrected chi connectivity index (χ2v) is 4.73. The fourth-order valence-corrected chi connectivity index (χ4v) is 2.21. The molecule has 1 saturated heterocycles. The van der Waals surface area contributed by atoms with Crippen LogP contribution in [0.15, 0.2) is 12.1 Å². The van der Waals surface area contributed by atoms with Crippen LogP contribution in [-0.2, 0) is 0 Å². The highest BCUT2D eigenvalue weighted by atomic mass is 19.1. The van der Waals surface area contributed by atoms with Crippen molar-refractivity contribution >= 4 is 5.69 Å². The molecule has 0 aliphatic carbocycles. The molecule has 1 fully saturated rings. The van der Waals surface area contributed by atoms with Crippen molar-refractivity contribution in [1.29, 1.82) is 0 Å². The van der Waals surface area contributed by atoms with Crippen molar-refractivity contribution < 1.29 is 18.8 Å². The molecule has 1 atom stereocenters. The van der Waals surface area contributed by atoms with E-state index in [2.05, 4.69) is 5.32 Å². The van der Waals surface area contributed by atoms with E-state index in [4.69, 9.17) is 9.47 Å². The molecule has 110 valence electrons. The monoisotopic (exact) mass is 284 g/mol. The molecule has 0 saturated carbocycles. The summed E-state index contributed by atoms with van der Waals surface area (Å²) in [5, 5.41) is 14.0. The molecule has 1 aliphatic heterocycles. The van der Waals surface area contributed by atoms with E-state index in [-0.39, 0.29) is 11.5 Å². The summed E-state index contributed by atoms with van der Waals surface area (Å²) in [7, 11) is 1.30. The molecule has 1 aliphatic rings. The van der Waals surface area contributed by atoms with Gasteiger partial charge in [-0.25, -0.2) is 4.39 Å². The first-order valence-electron chi connectivity index (χ1n) is 6.47. The number of rotatable bonds is 5. The standard InChI is InChI=1S/C13H17FN2O4/c1-19-13-6-12(10(14)5-11(13)16(17)18)20-8-9-3-2-4-15-7-9/h5-6,9,15H,2-4,7-8H2,1H3. The summed E-state index contributed by atoms with van der Waals surface area (Å²) in [6.45, 7) is 2.22. The molecule has 1 heterocycles. The van der Waals surface area contributed by atoms with Crippen LogP contribution in [0.25, 0.3) is 0 Å². The fraction of sp³-hybridized carbons (Fsp3) is 0.538. The van der Waals surface area contributed by atoms with Crippen molar-refractivity contribution in [3.8, 4) is 11.5 Å². The Morgan fingerprint density at radius 3 is 2.90 bits per heavy atom. The van der Waals surface area contributed by atoms with Gasteiger partial charge < -0.3 is 14.8 Å². The molecule has 0 spiro atoms. The van der Waals surface area contributed by atoms with Crippen LogP contribution in [-0.4, -0.2) is 31.7 Å². The van der Waals surface area contributed by atoms with E-state index in [0.717, 1.165) is 32.0 Å². The number of nitro groups is 1. The minimum absolute atomic E-state index is 0.00632. The molecular weight excluding hydrogens is 267 g/mol. The van der Waals surface area contributed by atoms with Crippen molar-refractivity contribution in [3.63, 3.8) is 0 Å². The Hall–Kier alpha value is -1.89. The highest BCUT2D eigenvalue weighted by Gasteiger charge is 2.21. The molecule has 20 heavy (non-hydrogen) atoms. The molecule has 2 rings (SSSR count). The number of nitrogens with one attached hydrogen (secondary N) is 1. The normalized spacial score (nSPS) is 18.6. The van der Waals surface area contributed by atoms with Crippen LogP contribution in [0.4, 0.5) is 10.1 Å². The van der Waals surface area contributed by atoms with Gasteiger partial charge in [-0.3, -0.25) is 10.1 Å². The first-order valence-corrected chi connectivity index (χ1v) is 6.47. The van der Waals surface area contributed by atoms with Gasteiger partial charge in [-0.1, -0.05) is 0 Å². The highest BCUT2D eigenvalue weighted by molar-refractivity contribution is 5.51. The zero-order chi connectivity index (χ0) is 14.5. The SMILES string of the molecule is COc1cc(OCC2CCCNC2)c(F)cc1[N+](=O)[O-]. The smallest absolute Gasteiger partial charge is 0.314 e. The highest BCUT2D eigenvalue weighted by Crippen LogP contribution is 2.33. The Kier molecular flexibility index (Phi) is 4.73. The predicted octanol–water partition coefficient (Wildman–Crippen LogP) is 2.12. The van der Waals surface area contributed by atoms with Gasteiger partial charge in [-0.05, 0) is 19.4 Å². The van der Waals surface area contributed by atoms with Crippen LogP contribution >= 0.6 is 0 Å². The molecule has 1 aromatic rings. The second kappa shape index (κ2) is 6.51. The first kappa shape index (κ1) is 14.5. The number of hydrogen-bond acceptors (Lipinski definition) is 5. The predicted molar refractivity (Wildman–Crippen MR) is 70.7 cm³/mol. The summed E-state index contributed by atoms with van der Waals surface area (Å²) in [5.74, 6) is -0.447. The van der Waals surface area contributed by atoms with Gasteiger partial charge in [0, 0.05) is 18.5 Å². The van der Waals surface area contributed by atoms with Crippen LogP contribution in [0.2, 0.25) is 0 Å². The van der Waals surface area contributed by atoms with E-state index in [1.54, 1.807) is 0 Å². The maximum Gasteiger partial charge on any atom is 0.314 e. The first-order chi connectivity index (χ1) is 9.61. The van der Waals surface area contributed by atoms with E-state index in [9.17, 15) is 14.5 Å². The lowest BCUT2D eigenvalue weighted by Crippen LogP contribution is -2.33. The molecule has 0 radical (unpaired) electrons. The van der Waals surface area contributed by atoms with Crippen molar-refractivity contribution in [3.05, 3.63) is 28.1 Å². The molecule has 0 bridgehead atoms. The molecular formula is C13H17FN2O4. The zero-order valence-corrected chi connectivity index (χ0v) is 11.2. The average molecular weight is 284 g/mol. The molecule has 0 aromatic heterocycles. The third-order valence-corrected chi connectivity index (χ3v) is 3.30. The van der Waals surface area contributed by atoms with E-state index < -0.39 is 16.4 Å². The largest absolute Gasteiger partial charge is 0.490 e. The summed E-state index contributed by atoms with van der Waals surface area (Å²) in [4.78, 5) is 10.1. The van der Waals surface area contributed by atoms with E-state index in [0.29, 0.717) is 12.5 Å². The zero-order valence-electron chi connectivity index (χ0n) is 11.2.